The first-order valence-electron chi connectivity index (χ1n) is 5.40. The second-order valence-corrected chi connectivity index (χ2v) is 5.28. The Kier molecular flexibility index (Phi) is 2.95. The fourth-order valence-electron chi connectivity index (χ4n) is 1.81. The molecule has 1 aromatic heterocycles. The van der Waals surface area contributed by atoms with Crippen molar-refractivity contribution in [3.05, 3.63) is 46.7 Å². The summed E-state index contributed by atoms with van der Waals surface area (Å²) in [7, 11) is 0. The van der Waals surface area contributed by atoms with Gasteiger partial charge < -0.3 is 9.47 Å². The third kappa shape index (κ3) is 2.13. The molecular formula is C13H11ClO2S. The summed E-state index contributed by atoms with van der Waals surface area (Å²) in [6, 6.07) is 11.7. The molecule has 2 heterocycles. The van der Waals surface area contributed by atoms with Crippen molar-refractivity contribution in [3.63, 3.8) is 0 Å². The zero-order chi connectivity index (χ0) is 11.7. The van der Waals surface area contributed by atoms with Gasteiger partial charge in [-0.1, -0.05) is 18.2 Å². The van der Waals surface area contributed by atoms with Crippen molar-refractivity contribution in [3.8, 4) is 11.5 Å². The number of ether oxygens (including phenoxy) is 2. The molecule has 2 unspecified atom stereocenters. The van der Waals surface area contributed by atoms with Gasteiger partial charge in [-0.2, -0.15) is 0 Å². The van der Waals surface area contributed by atoms with Gasteiger partial charge in [0.15, 0.2) is 17.6 Å². The standard InChI is InChI=1S/C13H11ClO2S/c14-13(12-6-3-7-17-12)11-8-15-9-4-1-2-5-10(9)16-11/h1-7,11,13H,8H2. The first-order valence-corrected chi connectivity index (χ1v) is 6.72. The number of benzene rings is 1. The first kappa shape index (κ1) is 10.9. The van der Waals surface area contributed by atoms with Gasteiger partial charge in [-0.05, 0) is 23.6 Å². The highest BCUT2D eigenvalue weighted by Crippen LogP contribution is 2.37. The van der Waals surface area contributed by atoms with E-state index in [0.717, 1.165) is 16.4 Å². The summed E-state index contributed by atoms with van der Waals surface area (Å²) in [6.07, 6.45) is -0.134. The van der Waals surface area contributed by atoms with Gasteiger partial charge in [-0.25, -0.2) is 0 Å². The van der Waals surface area contributed by atoms with Crippen LogP contribution in [0.2, 0.25) is 0 Å². The fourth-order valence-corrected chi connectivity index (χ4v) is 2.92. The molecule has 0 spiro atoms. The first-order chi connectivity index (χ1) is 8.34. The lowest BCUT2D eigenvalue weighted by Gasteiger charge is -2.28. The summed E-state index contributed by atoms with van der Waals surface area (Å²) in [5, 5.41) is 1.85. The molecule has 0 fully saturated rings. The molecule has 2 nitrogen and oxygen atoms in total. The lowest BCUT2D eigenvalue weighted by atomic mass is 10.2. The maximum atomic E-state index is 6.40. The molecule has 88 valence electrons. The summed E-state index contributed by atoms with van der Waals surface area (Å²) in [5.41, 5.74) is 0. The Balaban J connectivity index is 1.80. The van der Waals surface area contributed by atoms with Gasteiger partial charge in [0.1, 0.15) is 12.0 Å². The van der Waals surface area contributed by atoms with Crippen molar-refractivity contribution in [2.45, 2.75) is 11.5 Å². The van der Waals surface area contributed by atoms with Gasteiger partial charge in [-0.15, -0.1) is 22.9 Å². The van der Waals surface area contributed by atoms with Crippen molar-refractivity contribution in [2.24, 2.45) is 0 Å². The molecule has 3 rings (SSSR count). The summed E-state index contributed by atoms with van der Waals surface area (Å²) >= 11 is 8.04. The topological polar surface area (TPSA) is 18.5 Å². The van der Waals surface area contributed by atoms with E-state index >= 15 is 0 Å². The summed E-state index contributed by atoms with van der Waals surface area (Å²) in [5.74, 6) is 1.56. The van der Waals surface area contributed by atoms with Crippen LogP contribution in [-0.4, -0.2) is 12.7 Å². The van der Waals surface area contributed by atoms with Crippen molar-refractivity contribution in [1.82, 2.24) is 0 Å². The average molecular weight is 267 g/mol. The molecule has 0 aliphatic carbocycles. The number of fused-ring (bicyclic) bond motifs is 1. The fraction of sp³-hybridized carbons (Fsp3) is 0.231. The molecule has 0 saturated heterocycles. The third-order valence-corrected chi connectivity index (χ3v) is 4.27. The van der Waals surface area contributed by atoms with Crippen LogP contribution in [-0.2, 0) is 0 Å². The van der Waals surface area contributed by atoms with E-state index in [2.05, 4.69) is 0 Å². The number of hydrogen-bond acceptors (Lipinski definition) is 3. The molecule has 0 radical (unpaired) electrons. The molecule has 2 atom stereocenters. The minimum Gasteiger partial charge on any atom is -0.486 e. The zero-order valence-electron chi connectivity index (χ0n) is 9.01. The maximum Gasteiger partial charge on any atom is 0.161 e. The van der Waals surface area contributed by atoms with Crippen LogP contribution in [0.4, 0.5) is 0 Å². The summed E-state index contributed by atoms with van der Waals surface area (Å²) in [4.78, 5) is 1.11. The Labute approximate surface area is 109 Å². The van der Waals surface area contributed by atoms with Crippen LogP contribution in [0.5, 0.6) is 11.5 Å². The van der Waals surface area contributed by atoms with E-state index in [1.54, 1.807) is 11.3 Å². The van der Waals surface area contributed by atoms with Crippen LogP contribution in [0, 0.1) is 0 Å². The SMILES string of the molecule is ClC(c1cccs1)C1COc2ccccc2O1. The number of rotatable bonds is 2. The number of alkyl halides is 1. The van der Waals surface area contributed by atoms with E-state index in [9.17, 15) is 0 Å². The van der Waals surface area contributed by atoms with Crippen molar-refractivity contribution in [2.75, 3.05) is 6.61 Å². The van der Waals surface area contributed by atoms with E-state index in [1.165, 1.54) is 0 Å². The van der Waals surface area contributed by atoms with E-state index in [4.69, 9.17) is 21.1 Å². The minimum atomic E-state index is -0.164. The number of para-hydroxylation sites is 2. The van der Waals surface area contributed by atoms with Crippen LogP contribution < -0.4 is 9.47 Å². The molecular weight excluding hydrogens is 256 g/mol. The van der Waals surface area contributed by atoms with Gasteiger partial charge in [0.25, 0.3) is 0 Å². The number of thiophene rings is 1. The quantitative estimate of drug-likeness (QED) is 0.769. The van der Waals surface area contributed by atoms with E-state index in [1.807, 2.05) is 41.8 Å². The zero-order valence-corrected chi connectivity index (χ0v) is 10.6. The molecule has 0 amide bonds. The second kappa shape index (κ2) is 4.59. The Hall–Kier alpha value is -1.19. The highest BCUT2D eigenvalue weighted by molar-refractivity contribution is 7.10. The van der Waals surface area contributed by atoms with Crippen LogP contribution in [0.3, 0.4) is 0 Å². The molecule has 0 N–H and O–H groups in total. The number of hydrogen-bond donors (Lipinski definition) is 0. The van der Waals surface area contributed by atoms with Crippen molar-refractivity contribution < 1.29 is 9.47 Å². The van der Waals surface area contributed by atoms with E-state index in [0.29, 0.717) is 6.61 Å². The second-order valence-electron chi connectivity index (χ2n) is 3.83. The average Bonchev–Trinajstić information content (AvgIpc) is 2.91. The minimum absolute atomic E-state index is 0.134. The molecule has 0 bridgehead atoms. The highest BCUT2D eigenvalue weighted by atomic mass is 35.5. The Morgan fingerprint density at radius 2 is 2.00 bits per heavy atom. The van der Waals surface area contributed by atoms with Gasteiger partial charge in [0.2, 0.25) is 0 Å². The lowest BCUT2D eigenvalue weighted by Crippen LogP contribution is -2.32. The van der Waals surface area contributed by atoms with Crippen molar-refractivity contribution >= 4 is 22.9 Å². The molecule has 17 heavy (non-hydrogen) atoms. The van der Waals surface area contributed by atoms with Crippen LogP contribution in [0.25, 0.3) is 0 Å². The normalized spacial score (nSPS) is 19.9. The number of halogens is 1. The van der Waals surface area contributed by atoms with E-state index in [-0.39, 0.29) is 11.5 Å². The molecule has 4 heteroatoms. The Bertz CT molecular complexity index is 498. The Morgan fingerprint density at radius 3 is 2.76 bits per heavy atom. The van der Waals surface area contributed by atoms with Gasteiger partial charge in [-0.3, -0.25) is 0 Å². The smallest absolute Gasteiger partial charge is 0.161 e. The monoisotopic (exact) mass is 266 g/mol. The predicted octanol–water partition coefficient (Wildman–Crippen LogP) is 3.87. The summed E-state index contributed by atoms with van der Waals surface area (Å²) < 4.78 is 11.5. The van der Waals surface area contributed by atoms with Gasteiger partial charge >= 0.3 is 0 Å². The third-order valence-electron chi connectivity index (χ3n) is 2.67. The molecule has 0 saturated carbocycles. The summed E-state index contributed by atoms with van der Waals surface area (Å²) in [6.45, 7) is 0.489. The molecule has 1 aliphatic rings. The Morgan fingerprint density at radius 1 is 1.18 bits per heavy atom. The van der Waals surface area contributed by atoms with Gasteiger partial charge in [0.05, 0.1) is 0 Å². The van der Waals surface area contributed by atoms with E-state index < -0.39 is 0 Å². The van der Waals surface area contributed by atoms with Crippen LogP contribution in [0.1, 0.15) is 10.3 Å². The van der Waals surface area contributed by atoms with Crippen molar-refractivity contribution in [1.29, 1.82) is 0 Å². The molecule has 1 aromatic carbocycles. The predicted molar refractivity (Wildman–Crippen MR) is 69.3 cm³/mol. The van der Waals surface area contributed by atoms with Gasteiger partial charge in [0, 0.05) is 4.88 Å². The van der Waals surface area contributed by atoms with Crippen LogP contribution >= 0.6 is 22.9 Å². The lowest BCUT2D eigenvalue weighted by molar-refractivity contribution is 0.0883. The molecule has 2 aromatic rings. The maximum absolute atomic E-state index is 6.40. The largest absolute Gasteiger partial charge is 0.486 e. The molecule has 1 aliphatic heterocycles. The highest BCUT2D eigenvalue weighted by Gasteiger charge is 2.29. The van der Waals surface area contributed by atoms with Crippen LogP contribution in [0.15, 0.2) is 41.8 Å².